The van der Waals surface area contributed by atoms with Gasteiger partial charge >= 0.3 is 0 Å². The third kappa shape index (κ3) is 3.35. The highest BCUT2D eigenvalue weighted by Gasteiger charge is 2.51. The molecule has 3 rings (SSSR count). The summed E-state index contributed by atoms with van der Waals surface area (Å²) in [5, 5.41) is 0. The Labute approximate surface area is 149 Å². The van der Waals surface area contributed by atoms with Crippen molar-refractivity contribution in [2.24, 2.45) is 0 Å². The van der Waals surface area contributed by atoms with E-state index >= 15 is 0 Å². The zero-order valence-corrected chi connectivity index (χ0v) is 15.5. The molecule has 0 amide bonds. The fourth-order valence-electron chi connectivity index (χ4n) is 4.40. The molecule has 1 aromatic carbocycles. The number of hydrogen-bond acceptors (Lipinski definition) is 5. The first-order valence-electron chi connectivity index (χ1n) is 8.79. The summed E-state index contributed by atoms with van der Waals surface area (Å²) in [5.41, 5.74) is 0.478. The molecule has 0 aromatic heterocycles. The molecule has 5 nitrogen and oxygen atoms in total. The molecule has 0 unspecified atom stereocenters. The number of ether oxygens (including phenoxy) is 4. The summed E-state index contributed by atoms with van der Waals surface area (Å²) < 4.78 is 36.6. The second-order valence-electron chi connectivity index (χ2n) is 6.94. The van der Waals surface area contributed by atoms with Gasteiger partial charge in [0.25, 0.3) is 0 Å². The van der Waals surface area contributed by atoms with E-state index in [0.717, 1.165) is 32.2 Å². The molecule has 1 aliphatic carbocycles. The topological polar surface area (TPSA) is 40.2 Å². The van der Waals surface area contributed by atoms with Crippen LogP contribution in [0, 0.1) is 5.82 Å². The minimum Gasteiger partial charge on any atom is -0.493 e. The summed E-state index contributed by atoms with van der Waals surface area (Å²) in [6.07, 6.45) is 4.12. The molecule has 1 heterocycles. The van der Waals surface area contributed by atoms with Crippen LogP contribution >= 0.6 is 0 Å². The summed E-state index contributed by atoms with van der Waals surface area (Å²) in [7, 11) is 6.63. The van der Waals surface area contributed by atoms with Crippen LogP contribution in [0.3, 0.4) is 0 Å². The number of nitrogens with zero attached hydrogens (tertiary/aromatic N) is 1. The summed E-state index contributed by atoms with van der Waals surface area (Å²) in [5.74, 6) is 0.690. The molecule has 2 aliphatic rings. The Kier molecular flexibility index (Phi) is 5.51. The molecule has 140 valence electrons. The zero-order valence-electron chi connectivity index (χ0n) is 15.5. The monoisotopic (exact) mass is 353 g/mol. The highest BCUT2D eigenvalue weighted by Crippen LogP contribution is 2.44. The van der Waals surface area contributed by atoms with E-state index in [0.29, 0.717) is 23.6 Å². The maximum Gasteiger partial charge on any atom is 0.163 e. The van der Waals surface area contributed by atoms with Crippen molar-refractivity contribution < 1.29 is 23.3 Å². The van der Waals surface area contributed by atoms with E-state index in [2.05, 4.69) is 4.90 Å². The molecule has 0 radical (unpaired) electrons. The van der Waals surface area contributed by atoms with Gasteiger partial charge in [0.2, 0.25) is 0 Å². The SMILES string of the molecule is COc1cc(F)c(CN2CC[C@]3(OC)CC[C@@H](OC)C[C@H]23)cc1OC. The van der Waals surface area contributed by atoms with Gasteiger partial charge in [0, 0.05) is 45.0 Å². The van der Waals surface area contributed by atoms with E-state index in [4.69, 9.17) is 18.9 Å². The first-order chi connectivity index (χ1) is 12.1. The van der Waals surface area contributed by atoms with Gasteiger partial charge in [-0.15, -0.1) is 0 Å². The normalized spacial score (nSPS) is 29.5. The fraction of sp³-hybridized carbons (Fsp3) is 0.684. The minimum atomic E-state index is -0.272. The number of halogens is 1. The average molecular weight is 353 g/mol. The molecule has 1 saturated heterocycles. The van der Waals surface area contributed by atoms with Crippen LogP contribution in [0.15, 0.2) is 12.1 Å². The Morgan fingerprint density at radius 1 is 1.12 bits per heavy atom. The number of hydrogen-bond donors (Lipinski definition) is 0. The van der Waals surface area contributed by atoms with Crippen molar-refractivity contribution in [3.8, 4) is 11.5 Å². The summed E-state index contributed by atoms with van der Waals surface area (Å²) in [6, 6.07) is 3.37. The number of fused-ring (bicyclic) bond motifs is 1. The smallest absolute Gasteiger partial charge is 0.163 e. The van der Waals surface area contributed by atoms with Crippen molar-refractivity contribution >= 4 is 0 Å². The highest BCUT2D eigenvalue weighted by molar-refractivity contribution is 5.43. The molecular weight excluding hydrogens is 325 g/mol. The van der Waals surface area contributed by atoms with Gasteiger partial charge in [-0.1, -0.05) is 0 Å². The standard InChI is InChI=1S/C19H28FNO4/c1-22-14-5-6-19(25-4)7-8-21(18(19)10-14)12-13-9-16(23-2)17(24-3)11-15(13)20/h9,11,14,18H,5-8,10,12H2,1-4H3/t14-,18+,19-/m1/s1. The fourth-order valence-corrected chi connectivity index (χ4v) is 4.40. The number of likely N-dealkylation sites (tertiary alicyclic amines) is 1. The lowest BCUT2D eigenvalue weighted by Gasteiger charge is -2.43. The lowest BCUT2D eigenvalue weighted by molar-refractivity contribution is -0.0948. The van der Waals surface area contributed by atoms with E-state index < -0.39 is 0 Å². The molecule has 0 bridgehead atoms. The third-order valence-corrected chi connectivity index (χ3v) is 5.91. The van der Waals surface area contributed by atoms with E-state index in [1.165, 1.54) is 13.2 Å². The molecule has 25 heavy (non-hydrogen) atoms. The quantitative estimate of drug-likeness (QED) is 0.786. The lowest BCUT2D eigenvalue weighted by atomic mass is 9.79. The molecule has 3 atom stereocenters. The lowest BCUT2D eigenvalue weighted by Crippen LogP contribution is -2.51. The Bertz CT molecular complexity index is 611. The zero-order chi connectivity index (χ0) is 18.0. The maximum atomic E-state index is 14.5. The second kappa shape index (κ2) is 7.48. The first-order valence-corrected chi connectivity index (χ1v) is 8.79. The predicted octanol–water partition coefficient (Wildman–Crippen LogP) is 3.00. The second-order valence-corrected chi connectivity index (χ2v) is 6.94. The van der Waals surface area contributed by atoms with Crippen molar-refractivity contribution in [1.29, 1.82) is 0 Å². The summed E-state index contributed by atoms with van der Waals surface area (Å²) in [6.45, 7) is 1.42. The van der Waals surface area contributed by atoms with Gasteiger partial charge in [0.15, 0.2) is 11.5 Å². The van der Waals surface area contributed by atoms with Gasteiger partial charge in [-0.3, -0.25) is 4.90 Å². The molecular formula is C19H28FNO4. The number of rotatable bonds is 6. The number of benzene rings is 1. The molecule has 6 heteroatoms. The number of methoxy groups -OCH3 is 4. The van der Waals surface area contributed by atoms with Crippen LogP contribution in [0.4, 0.5) is 4.39 Å². The van der Waals surface area contributed by atoms with E-state index in [-0.39, 0.29) is 23.6 Å². The Morgan fingerprint density at radius 2 is 1.84 bits per heavy atom. The van der Waals surface area contributed by atoms with Gasteiger partial charge in [-0.25, -0.2) is 4.39 Å². The van der Waals surface area contributed by atoms with Crippen molar-refractivity contribution in [2.75, 3.05) is 35.0 Å². The van der Waals surface area contributed by atoms with Crippen molar-refractivity contribution in [3.05, 3.63) is 23.5 Å². The van der Waals surface area contributed by atoms with Gasteiger partial charge < -0.3 is 18.9 Å². The summed E-state index contributed by atoms with van der Waals surface area (Å²) in [4.78, 5) is 2.32. The van der Waals surface area contributed by atoms with Crippen LogP contribution < -0.4 is 9.47 Å². The van der Waals surface area contributed by atoms with Crippen molar-refractivity contribution in [1.82, 2.24) is 4.90 Å². The average Bonchev–Trinajstić information content (AvgIpc) is 3.01. The first kappa shape index (κ1) is 18.4. The molecule has 0 N–H and O–H groups in total. The molecule has 0 spiro atoms. The van der Waals surface area contributed by atoms with E-state index in [1.807, 2.05) is 0 Å². The van der Waals surface area contributed by atoms with Crippen LogP contribution in [-0.4, -0.2) is 57.6 Å². The van der Waals surface area contributed by atoms with Crippen LogP contribution in [0.25, 0.3) is 0 Å². The largest absolute Gasteiger partial charge is 0.493 e. The maximum absolute atomic E-state index is 14.5. The summed E-state index contributed by atoms with van der Waals surface area (Å²) >= 11 is 0. The van der Waals surface area contributed by atoms with Crippen LogP contribution in [-0.2, 0) is 16.0 Å². The third-order valence-electron chi connectivity index (χ3n) is 5.91. The Balaban J connectivity index is 1.83. The van der Waals surface area contributed by atoms with Crippen molar-refractivity contribution in [3.63, 3.8) is 0 Å². The minimum absolute atomic E-state index is 0.137. The van der Waals surface area contributed by atoms with Gasteiger partial charge in [0.1, 0.15) is 5.82 Å². The molecule has 2 fully saturated rings. The molecule has 1 aliphatic heterocycles. The highest BCUT2D eigenvalue weighted by atomic mass is 19.1. The van der Waals surface area contributed by atoms with Crippen LogP contribution in [0.1, 0.15) is 31.2 Å². The molecule has 1 aromatic rings. The van der Waals surface area contributed by atoms with Gasteiger partial charge in [-0.2, -0.15) is 0 Å². The Morgan fingerprint density at radius 3 is 2.48 bits per heavy atom. The predicted molar refractivity (Wildman–Crippen MR) is 92.7 cm³/mol. The van der Waals surface area contributed by atoms with Crippen LogP contribution in [0.5, 0.6) is 11.5 Å². The Hall–Kier alpha value is -1.37. The van der Waals surface area contributed by atoms with E-state index in [1.54, 1.807) is 27.4 Å². The van der Waals surface area contributed by atoms with Crippen LogP contribution in [0.2, 0.25) is 0 Å². The molecule has 1 saturated carbocycles. The van der Waals surface area contributed by atoms with E-state index in [9.17, 15) is 4.39 Å². The van der Waals surface area contributed by atoms with Gasteiger partial charge in [0.05, 0.1) is 25.9 Å². The van der Waals surface area contributed by atoms with Gasteiger partial charge in [-0.05, 0) is 31.7 Å². The van der Waals surface area contributed by atoms with Crippen molar-refractivity contribution in [2.45, 2.75) is 50.0 Å².